The summed E-state index contributed by atoms with van der Waals surface area (Å²) in [6, 6.07) is 15.3. The summed E-state index contributed by atoms with van der Waals surface area (Å²) in [5.74, 6) is 0.556. The Bertz CT molecular complexity index is 814. The van der Waals surface area contributed by atoms with E-state index >= 15 is 0 Å². The first-order chi connectivity index (χ1) is 13.5. The highest BCUT2D eigenvalue weighted by Crippen LogP contribution is 2.30. The summed E-state index contributed by atoms with van der Waals surface area (Å²) in [6.07, 6.45) is 1.92. The highest BCUT2D eigenvalue weighted by atomic mass is 16.5. The van der Waals surface area contributed by atoms with E-state index in [1.807, 2.05) is 32.3 Å². The van der Waals surface area contributed by atoms with Crippen LogP contribution < -0.4 is 15.4 Å². The Hall–Kier alpha value is -2.86. The van der Waals surface area contributed by atoms with Gasteiger partial charge in [0.1, 0.15) is 5.75 Å². The largest absolute Gasteiger partial charge is 0.484 e. The molecule has 2 amide bonds. The average molecular weight is 381 g/mol. The van der Waals surface area contributed by atoms with Crippen molar-refractivity contribution in [1.29, 1.82) is 0 Å². The van der Waals surface area contributed by atoms with Crippen LogP contribution in [0, 0.1) is 5.92 Å². The first kappa shape index (κ1) is 19.9. The third kappa shape index (κ3) is 6.39. The molecular formula is C22H27N3O3. The zero-order chi connectivity index (χ0) is 19.9. The number of hydrogen-bond acceptors (Lipinski definition) is 4. The molecule has 148 valence electrons. The SMILES string of the molecule is CN(C)Cc1ccc(CNC(=O)COc2cccc(NC(=O)C3CC3)c2)cc1. The van der Waals surface area contributed by atoms with Gasteiger partial charge in [-0.3, -0.25) is 9.59 Å². The molecule has 2 aromatic carbocycles. The molecule has 28 heavy (non-hydrogen) atoms. The van der Waals surface area contributed by atoms with Crippen molar-refractivity contribution in [3.05, 3.63) is 59.7 Å². The maximum Gasteiger partial charge on any atom is 0.258 e. The van der Waals surface area contributed by atoms with E-state index in [0.717, 1.165) is 24.9 Å². The third-order valence-electron chi connectivity index (χ3n) is 4.43. The Morgan fingerprint density at radius 2 is 1.79 bits per heavy atom. The van der Waals surface area contributed by atoms with E-state index in [1.165, 1.54) is 5.56 Å². The molecule has 0 heterocycles. The number of rotatable bonds is 9. The van der Waals surface area contributed by atoms with Crippen LogP contribution >= 0.6 is 0 Å². The lowest BCUT2D eigenvalue weighted by Crippen LogP contribution is -2.28. The van der Waals surface area contributed by atoms with Crippen LogP contribution in [-0.4, -0.2) is 37.4 Å². The number of nitrogens with one attached hydrogen (secondary N) is 2. The molecule has 6 nitrogen and oxygen atoms in total. The van der Waals surface area contributed by atoms with Gasteiger partial charge in [0.2, 0.25) is 5.91 Å². The first-order valence-corrected chi connectivity index (χ1v) is 9.52. The van der Waals surface area contributed by atoms with Gasteiger partial charge in [0, 0.05) is 30.8 Å². The summed E-state index contributed by atoms with van der Waals surface area (Å²) in [5.41, 5.74) is 2.96. The fraction of sp³-hybridized carbons (Fsp3) is 0.364. The average Bonchev–Trinajstić information content (AvgIpc) is 3.51. The molecule has 0 atom stereocenters. The second-order valence-corrected chi connectivity index (χ2v) is 7.41. The van der Waals surface area contributed by atoms with Gasteiger partial charge in [0.05, 0.1) is 0 Å². The molecule has 1 aliphatic rings. The maximum atomic E-state index is 12.0. The minimum Gasteiger partial charge on any atom is -0.484 e. The molecule has 0 aromatic heterocycles. The fourth-order valence-electron chi connectivity index (χ4n) is 2.78. The topological polar surface area (TPSA) is 70.7 Å². The van der Waals surface area contributed by atoms with E-state index in [4.69, 9.17) is 4.74 Å². The zero-order valence-electron chi connectivity index (χ0n) is 16.4. The van der Waals surface area contributed by atoms with Crippen LogP contribution in [0.15, 0.2) is 48.5 Å². The predicted molar refractivity (Wildman–Crippen MR) is 109 cm³/mol. The standard InChI is InChI=1S/C22H27N3O3/c1-25(2)14-17-8-6-16(7-9-17)13-23-21(26)15-28-20-5-3-4-19(12-20)24-22(27)18-10-11-18/h3-9,12,18H,10-11,13-15H2,1-2H3,(H,23,26)(H,24,27). The fourth-order valence-corrected chi connectivity index (χ4v) is 2.78. The molecule has 6 heteroatoms. The molecule has 0 unspecified atom stereocenters. The number of benzene rings is 2. The van der Waals surface area contributed by atoms with Crippen LogP contribution in [-0.2, 0) is 22.7 Å². The zero-order valence-corrected chi connectivity index (χ0v) is 16.4. The lowest BCUT2D eigenvalue weighted by Gasteiger charge is -2.11. The van der Waals surface area contributed by atoms with E-state index in [-0.39, 0.29) is 24.3 Å². The summed E-state index contributed by atoms with van der Waals surface area (Å²) in [4.78, 5) is 26.0. The van der Waals surface area contributed by atoms with Gasteiger partial charge in [0.25, 0.3) is 5.91 Å². The van der Waals surface area contributed by atoms with Crippen molar-refractivity contribution in [2.75, 3.05) is 26.0 Å². The Morgan fingerprint density at radius 1 is 1.07 bits per heavy atom. The Morgan fingerprint density at radius 3 is 2.46 bits per heavy atom. The number of carbonyl (C=O) groups excluding carboxylic acids is 2. The Balaban J connectivity index is 1.42. The number of carbonyl (C=O) groups is 2. The van der Waals surface area contributed by atoms with E-state index in [0.29, 0.717) is 18.0 Å². The number of anilines is 1. The van der Waals surface area contributed by atoms with Gasteiger partial charge in [-0.25, -0.2) is 0 Å². The summed E-state index contributed by atoms with van der Waals surface area (Å²) >= 11 is 0. The highest BCUT2D eigenvalue weighted by Gasteiger charge is 2.29. The monoisotopic (exact) mass is 381 g/mol. The van der Waals surface area contributed by atoms with Crippen LogP contribution in [0.1, 0.15) is 24.0 Å². The van der Waals surface area contributed by atoms with E-state index in [2.05, 4.69) is 27.7 Å². The summed E-state index contributed by atoms with van der Waals surface area (Å²) in [6.45, 7) is 1.28. The van der Waals surface area contributed by atoms with Gasteiger partial charge in [-0.05, 0) is 50.2 Å². The molecule has 3 rings (SSSR count). The second kappa shape index (κ2) is 9.37. The van der Waals surface area contributed by atoms with Crippen molar-refractivity contribution < 1.29 is 14.3 Å². The first-order valence-electron chi connectivity index (χ1n) is 9.52. The van der Waals surface area contributed by atoms with Crippen LogP contribution in [0.5, 0.6) is 5.75 Å². The quantitative estimate of drug-likeness (QED) is 0.701. The Kier molecular flexibility index (Phi) is 6.66. The molecule has 0 saturated heterocycles. The minimum atomic E-state index is -0.190. The molecule has 1 fully saturated rings. The summed E-state index contributed by atoms with van der Waals surface area (Å²) in [5, 5.41) is 5.73. The van der Waals surface area contributed by atoms with Gasteiger partial charge in [0.15, 0.2) is 6.61 Å². The normalized spacial score (nSPS) is 13.2. The summed E-state index contributed by atoms with van der Waals surface area (Å²) in [7, 11) is 4.07. The second-order valence-electron chi connectivity index (χ2n) is 7.41. The number of ether oxygens (including phenoxy) is 1. The molecule has 0 bridgehead atoms. The predicted octanol–water partition coefficient (Wildman–Crippen LogP) is 2.79. The number of hydrogen-bond donors (Lipinski definition) is 2. The van der Waals surface area contributed by atoms with Crippen molar-refractivity contribution in [1.82, 2.24) is 10.2 Å². The van der Waals surface area contributed by atoms with Crippen molar-refractivity contribution in [3.63, 3.8) is 0 Å². The summed E-state index contributed by atoms with van der Waals surface area (Å²) < 4.78 is 5.55. The van der Waals surface area contributed by atoms with Gasteiger partial charge in [-0.15, -0.1) is 0 Å². The lowest BCUT2D eigenvalue weighted by molar-refractivity contribution is -0.123. The molecule has 0 radical (unpaired) electrons. The number of amides is 2. The van der Waals surface area contributed by atoms with Crippen molar-refractivity contribution in [2.45, 2.75) is 25.9 Å². The molecule has 0 aliphatic heterocycles. The van der Waals surface area contributed by atoms with Gasteiger partial charge in [-0.2, -0.15) is 0 Å². The van der Waals surface area contributed by atoms with Crippen molar-refractivity contribution in [2.24, 2.45) is 5.92 Å². The van der Waals surface area contributed by atoms with Crippen LogP contribution in [0.2, 0.25) is 0 Å². The van der Waals surface area contributed by atoms with Crippen LogP contribution in [0.3, 0.4) is 0 Å². The molecule has 1 saturated carbocycles. The molecular weight excluding hydrogens is 354 g/mol. The molecule has 2 aromatic rings. The minimum absolute atomic E-state index is 0.0477. The molecule has 0 spiro atoms. The van der Waals surface area contributed by atoms with Crippen molar-refractivity contribution >= 4 is 17.5 Å². The van der Waals surface area contributed by atoms with Crippen molar-refractivity contribution in [3.8, 4) is 5.75 Å². The highest BCUT2D eigenvalue weighted by molar-refractivity contribution is 5.94. The van der Waals surface area contributed by atoms with Crippen LogP contribution in [0.25, 0.3) is 0 Å². The third-order valence-corrected chi connectivity index (χ3v) is 4.43. The smallest absolute Gasteiger partial charge is 0.258 e. The van der Waals surface area contributed by atoms with E-state index in [9.17, 15) is 9.59 Å². The molecule has 2 N–H and O–H groups in total. The van der Waals surface area contributed by atoms with E-state index < -0.39 is 0 Å². The Labute approximate surface area is 165 Å². The maximum absolute atomic E-state index is 12.0. The van der Waals surface area contributed by atoms with Gasteiger partial charge < -0.3 is 20.3 Å². The van der Waals surface area contributed by atoms with Gasteiger partial charge in [-0.1, -0.05) is 30.3 Å². The van der Waals surface area contributed by atoms with E-state index in [1.54, 1.807) is 18.2 Å². The van der Waals surface area contributed by atoms with Crippen LogP contribution in [0.4, 0.5) is 5.69 Å². The number of nitrogens with zero attached hydrogens (tertiary/aromatic N) is 1. The lowest BCUT2D eigenvalue weighted by atomic mass is 10.1. The molecule has 1 aliphatic carbocycles. The van der Waals surface area contributed by atoms with Gasteiger partial charge >= 0.3 is 0 Å².